The summed E-state index contributed by atoms with van der Waals surface area (Å²) in [7, 11) is 3.48. The lowest BCUT2D eigenvalue weighted by Crippen LogP contribution is -2.45. The van der Waals surface area contributed by atoms with Crippen LogP contribution in [0.3, 0.4) is 0 Å². The minimum absolute atomic E-state index is 0.00853. The van der Waals surface area contributed by atoms with E-state index in [1.807, 2.05) is 49.5 Å². The van der Waals surface area contributed by atoms with Crippen LogP contribution in [0.15, 0.2) is 48.5 Å². The van der Waals surface area contributed by atoms with E-state index in [2.05, 4.69) is 11.4 Å². The van der Waals surface area contributed by atoms with Gasteiger partial charge in [0.05, 0.1) is 13.7 Å². The van der Waals surface area contributed by atoms with Crippen molar-refractivity contribution in [2.75, 3.05) is 20.7 Å². The summed E-state index contributed by atoms with van der Waals surface area (Å²) in [6.45, 7) is 0.561. The first-order valence-electron chi connectivity index (χ1n) is 10.9. The molecule has 6 nitrogen and oxygen atoms in total. The van der Waals surface area contributed by atoms with Gasteiger partial charge in [-0.1, -0.05) is 30.3 Å². The largest absolute Gasteiger partial charge is 0.497 e. The van der Waals surface area contributed by atoms with Crippen LogP contribution in [-0.2, 0) is 22.4 Å². The topological polar surface area (TPSA) is 67.9 Å². The van der Waals surface area contributed by atoms with Crippen molar-refractivity contribution < 1.29 is 19.1 Å². The van der Waals surface area contributed by atoms with E-state index < -0.39 is 0 Å². The van der Waals surface area contributed by atoms with Crippen LogP contribution < -0.4 is 14.8 Å². The van der Waals surface area contributed by atoms with E-state index in [0.29, 0.717) is 32.2 Å². The van der Waals surface area contributed by atoms with E-state index in [9.17, 15) is 9.59 Å². The van der Waals surface area contributed by atoms with Crippen molar-refractivity contribution in [2.45, 2.75) is 50.2 Å². The Kier molecular flexibility index (Phi) is 6.16. The number of ether oxygens (including phenoxy) is 2. The lowest BCUT2D eigenvalue weighted by molar-refractivity contribution is -0.131. The van der Waals surface area contributed by atoms with Crippen LogP contribution in [0.4, 0.5) is 0 Å². The molecule has 2 aromatic rings. The molecule has 0 unspecified atom stereocenters. The summed E-state index contributed by atoms with van der Waals surface area (Å²) in [5, 5.41) is 3.16. The van der Waals surface area contributed by atoms with Crippen LogP contribution in [0.2, 0.25) is 0 Å². The normalized spacial score (nSPS) is 21.9. The smallest absolute Gasteiger partial charge is 0.222 e. The Morgan fingerprint density at radius 1 is 1.23 bits per heavy atom. The molecule has 1 N–H and O–H groups in total. The molecule has 0 aliphatic carbocycles. The first-order chi connectivity index (χ1) is 15.0. The minimum Gasteiger partial charge on any atom is -0.497 e. The molecule has 4 rings (SSSR count). The number of rotatable bonds is 8. The molecule has 0 radical (unpaired) electrons. The molecule has 2 aromatic carbocycles. The molecule has 2 amide bonds. The summed E-state index contributed by atoms with van der Waals surface area (Å²) in [4.78, 5) is 26.6. The number of likely N-dealkylation sites (N-methyl/N-ethyl adjacent to an activating group) is 1. The molecule has 31 heavy (non-hydrogen) atoms. The second-order valence-electron chi connectivity index (χ2n) is 8.68. The number of amides is 2. The Bertz CT molecular complexity index is 918. The molecule has 1 fully saturated rings. The van der Waals surface area contributed by atoms with Gasteiger partial charge in [0.15, 0.2) is 0 Å². The summed E-state index contributed by atoms with van der Waals surface area (Å²) < 4.78 is 11.2. The Hall–Kier alpha value is -3.02. The second-order valence-corrected chi connectivity index (χ2v) is 8.68. The fraction of sp³-hybridized carbons (Fsp3) is 0.440. The monoisotopic (exact) mass is 422 g/mol. The number of methoxy groups -OCH3 is 1. The van der Waals surface area contributed by atoms with E-state index in [4.69, 9.17) is 9.47 Å². The Morgan fingerprint density at radius 3 is 2.68 bits per heavy atom. The van der Waals surface area contributed by atoms with Crippen LogP contribution in [0, 0.1) is 0 Å². The molecule has 2 heterocycles. The third-order valence-corrected chi connectivity index (χ3v) is 6.37. The molecule has 6 heteroatoms. The van der Waals surface area contributed by atoms with Gasteiger partial charge in [-0.3, -0.25) is 9.59 Å². The number of hydrogen-bond acceptors (Lipinski definition) is 4. The van der Waals surface area contributed by atoms with Crippen molar-refractivity contribution in [1.82, 2.24) is 10.2 Å². The van der Waals surface area contributed by atoms with Gasteiger partial charge in [-0.15, -0.1) is 0 Å². The molecule has 0 aromatic heterocycles. The number of para-hydroxylation sites is 1. The first-order valence-corrected chi connectivity index (χ1v) is 10.9. The maximum atomic E-state index is 12.9. The summed E-state index contributed by atoms with van der Waals surface area (Å²) in [5.41, 5.74) is 1.95. The number of hydrogen-bond donors (Lipinski definition) is 1. The Morgan fingerprint density at radius 2 is 2.00 bits per heavy atom. The maximum absolute atomic E-state index is 12.9. The molecular weight excluding hydrogens is 392 g/mol. The van der Waals surface area contributed by atoms with E-state index in [-0.39, 0.29) is 23.5 Å². The summed E-state index contributed by atoms with van der Waals surface area (Å²) >= 11 is 0. The van der Waals surface area contributed by atoms with Gasteiger partial charge in [0, 0.05) is 31.8 Å². The minimum atomic E-state index is -0.373. The van der Waals surface area contributed by atoms with Crippen molar-refractivity contribution in [3.05, 3.63) is 59.7 Å². The standard InChI is InChI=1S/C25H30N2O4/c1-27(17-21-15-19-5-3-4-6-22(19)31-21)24(29)12-14-25(13-11-23(28)26-25)16-18-7-9-20(30-2)10-8-18/h3-10,21H,11-17H2,1-2H3,(H,26,28)/t21-,25+/m0/s1. The molecule has 0 saturated carbocycles. The molecular formula is C25H30N2O4. The fourth-order valence-electron chi connectivity index (χ4n) is 4.62. The Labute approximate surface area is 183 Å². The van der Waals surface area contributed by atoms with Gasteiger partial charge in [-0.05, 0) is 48.6 Å². The van der Waals surface area contributed by atoms with E-state index in [0.717, 1.165) is 29.9 Å². The van der Waals surface area contributed by atoms with Crippen LogP contribution in [0.25, 0.3) is 0 Å². The van der Waals surface area contributed by atoms with E-state index in [1.165, 1.54) is 5.56 Å². The highest BCUT2D eigenvalue weighted by molar-refractivity contribution is 5.80. The van der Waals surface area contributed by atoms with Crippen molar-refractivity contribution in [3.8, 4) is 11.5 Å². The van der Waals surface area contributed by atoms with E-state index in [1.54, 1.807) is 12.0 Å². The van der Waals surface area contributed by atoms with Gasteiger partial charge in [-0.25, -0.2) is 0 Å². The molecule has 2 atom stereocenters. The van der Waals surface area contributed by atoms with Crippen LogP contribution >= 0.6 is 0 Å². The number of nitrogens with one attached hydrogen (secondary N) is 1. The number of benzene rings is 2. The van der Waals surface area contributed by atoms with Gasteiger partial charge in [0.2, 0.25) is 11.8 Å². The average Bonchev–Trinajstić information content (AvgIpc) is 3.35. The number of carbonyl (C=O) groups excluding carboxylic acids is 2. The SMILES string of the molecule is COc1ccc(C[C@]2(CCC(=O)N(C)C[C@@H]3Cc4ccccc4O3)CCC(=O)N2)cc1. The first kappa shape index (κ1) is 21.2. The zero-order valence-electron chi connectivity index (χ0n) is 18.2. The molecule has 2 aliphatic heterocycles. The van der Waals surface area contributed by atoms with Gasteiger partial charge >= 0.3 is 0 Å². The summed E-state index contributed by atoms with van der Waals surface area (Å²) in [6, 6.07) is 15.9. The highest BCUT2D eigenvalue weighted by Gasteiger charge is 2.38. The van der Waals surface area contributed by atoms with Crippen molar-refractivity contribution >= 4 is 11.8 Å². The molecule has 0 bridgehead atoms. The lowest BCUT2D eigenvalue weighted by Gasteiger charge is -2.30. The molecule has 2 aliphatic rings. The molecule has 1 saturated heterocycles. The van der Waals surface area contributed by atoms with Gasteiger partial charge in [-0.2, -0.15) is 0 Å². The maximum Gasteiger partial charge on any atom is 0.222 e. The van der Waals surface area contributed by atoms with Gasteiger partial charge in [0.25, 0.3) is 0 Å². The molecule has 164 valence electrons. The van der Waals surface area contributed by atoms with E-state index >= 15 is 0 Å². The lowest BCUT2D eigenvalue weighted by atomic mass is 9.85. The number of carbonyl (C=O) groups is 2. The summed E-state index contributed by atoms with van der Waals surface area (Å²) in [6.07, 6.45) is 3.80. The number of fused-ring (bicyclic) bond motifs is 1. The zero-order valence-corrected chi connectivity index (χ0v) is 18.2. The molecule has 0 spiro atoms. The quantitative estimate of drug-likeness (QED) is 0.710. The van der Waals surface area contributed by atoms with Gasteiger partial charge < -0.3 is 19.7 Å². The fourth-order valence-corrected chi connectivity index (χ4v) is 4.62. The second kappa shape index (κ2) is 9.00. The average molecular weight is 423 g/mol. The predicted octanol–water partition coefficient (Wildman–Crippen LogP) is 3.13. The van der Waals surface area contributed by atoms with Crippen molar-refractivity contribution in [2.24, 2.45) is 0 Å². The highest BCUT2D eigenvalue weighted by atomic mass is 16.5. The third-order valence-electron chi connectivity index (χ3n) is 6.37. The highest BCUT2D eigenvalue weighted by Crippen LogP contribution is 2.31. The number of nitrogens with zero attached hydrogens (tertiary/aromatic N) is 1. The van der Waals surface area contributed by atoms with Crippen LogP contribution in [-0.4, -0.2) is 49.1 Å². The predicted molar refractivity (Wildman–Crippen MR) is 118 cm³/mol. The zero-order chi connectivity index (χ0) is 21.8. The van der Waals surface area contributed by atoms with Crippen molar-refractivity contribution in [3.63, 3.8) is 0 Å². The summed E-state index contributed by atoms with van der Waals surface area (Å²) in [5.74, 6) is 1.86. The van der Waals surface area contributed by atoms with Gasteiger partial charge in [0.1, 0.15) is 17.6 Å². The van der Waals surface area contributed by atoms with Crippen LogP contribution in [0.1, 0.15) is 36.8 Å². The van der Waals surface area contributed by atoms with Crippen molar-refractivity contribution in [1.29, 1.82) is 0 Å². The Balaban J connectivity index is 1.33. The van der Waals surface area contributed by atoms with Crippen LogP contribution in [0.5, 0.6) is 11.5 Å². The third kappa shape index (κ3) is 5.01.